The predicted molar refractivity (Wildman–Crippen MR) is 95.4 cm³/mol. The van der Waals surface area contributed by atoms with Gasteiger partial charge in [0, 0.05) is 6.54 Å². The summed E-state index contributed by atoms with van der Waals surface area (Å²) in [5.74, 6) is 0.453. The number of carbonyl (C=O) groups excluding carboxylic acids is 1. The minimum absolute atomic E-state index is 0.301. The second kappa shape index (κ2) is 8.15. The lowest BCUT2D eigenvalue weighted by atomic mass is 10.1. The first-order valence-corrected chi connectivity index (χ1v) is 8.89. The van der Waals surface area contributed by atoms with Crippen LogP contribution in [0.25, 0.3) is 11.0 Å². The third kappa shape index (κ3) is 4.26. The first-order valence-electron chi connectivity index (χ1n) is 8.89. The SMILES string of the molecule is CCOC(=O)c1ccc2nc(NCCCN3CCCCC3)[nH]c2c1. The van der Waals surface area contributed by atoms with Crippen LogP contribution in [0.2, 0.25) is 0 Å². The maximum absolute atomic E-state index is 11.8. The van der Waals surface area contributed by atoms with Gasteiger partial charge in [-0.1, -0.05) is 6.42 Å². The number of piperidine rings is 1. The average Bonchev–Trinajstić information content (AvgIpc) is 3.02. The Kier molecular flexibility index (Phi) is 5.69. The van der Waals surface area contributed by atoms with E-state index in [1.165, 1.54) is 32.4 Å². The summed E-state index contributed by atoms with van der Waals surface area (Å²) < 4.78 is 5.03. The van der Waals surface area contributed by atoms with E-state index in [2.05, 4.69) is 20.2 Å². The topological polar surface area (TPSA) is 70.2 Å². The molecule has 1 aromatic heterocycles. The zero-order valence-electron chi connectivity index (χ0n) is 14.3. The number of aromatic amines is 1. The molecule has 0 radical (unpaired) electrons. The number of hydrogen-bond donors (Lipinski definition) is 2. The monoisotopic (exact) mass is 330 g/mol. The number of ether oxygens (including phenoxy) is 1. The highest BCUT2D eigenvalue weighted by Gasteiger charge is 2.11. The molecular formula is C18H26N4O2. The Morgan fingerprint density at radius 2 is 2.17 bits per heavy atom. The van der Waals surface area contributed by atoms with Gasteiger partial charge in [-0.2, -0.15) is 0 Å². The van der Waals surface area contributed by atoms with Crippen molar-refractivity contribution in [3.63, 3.8) is 0 Å². The Balaban J connectivity index is 1.52. The first kappa shape index (κ1) is 16.8. The number of carbonyl (C=O) groups is 1. The van der Waals surface area contributed by atoms with E-state index in [0.717, 1.165) is 36.5 Å². The van der Waals surface area contributed by atoms with Crippen molar-refractivity contribution in [3.8, 4) is 0 Å². The number of hydrogen-bond acceptors (Lipinski definition) is 5. The van der Waals surface area contributed by atoms with E-state index >= 15 is 0 Å². The van der Waals surface area contributed by atoms with E-state index in [1.54, 1.807) is 19.1 Å². The number of anilines is 1. The lowest BCUT2D eigenvalue weighted by Crippen LogP contribution is -2.31. The van der Waals surface area contributed by atoms with E-state index in [1.807, 2.05) is 6.07 Å². The van der Waals surface area contributed by atoms with Gasteiger partial charge in [-0.05, 0) is 64.0 Å². The van der Waals surface area contributed by atoms with Crippen molar-refractivity contribution in [1.82, 2.24) is 14.9 Å². The van der Waals surface area contributed by atoms with Crippen molar-refractivity contribution < 1.29 is 9.53 Å². The maximum Gasteiger partial charge on any atom is 0.338 e. The standard InChI is InChI=1S/C18H26N4O2/c1-2-24-17(23)14-7-8-15-16(13-14)21-18(20-15)19-9-6-12-22-10-4-3-5-11-22/h7-8,13H,2-6,9-12H2,1H3,(H2,19,20,21). The zero-order chi connectivity index (χ0) is 16.8. The van der Waals surface area contributed by atoms with Crippen LogP contribution in [0.3, 0.4) is 0 Å². The summed E-state index contributed by atoms with van der Waals surface area (Å²) in [5.41, 5.74) is 2.24. The van der Waals surface area contributed by atoms with Gasteiger partial charge in [0.1, 0.15) is 0 Å². The van der Waals surface area contributed by atoms with Gasteiger partial charge < -0.3 is 19.9 Å². The van der Waals surface area contributed by atoms with Gasteiger partial charge >= 0.3 is 5.97 Å². The molecule has 2 N–H and O–H groups in total. The number of esters is 1. The van der Waals surface area contributed by atoms with Crippen molar-refractivity contribution in [3.05, 3.63) is 23.8 Å². The fourth-order valence-corrected chi connectivity index (χ4v) is 3.13. The normalized spacial score (nSPS) is 15.5. The van der Waals surface area contributed by atoms with Gasteiger partial charge in [0.2, 0.25) is 5.95 Å². The molecule has 2 heterocycles. The van der Waals surface area contributed by atoms with Crippen molar-refractivity contribution in [2.24, 2.45) is 0 Å². The van der Waals surface area contributed by atoms with Crippen LogP contribution in [-0.4, -0.2) is 53.6 Å². The fraction of sp³-hybridized carbons (Fsp3) is 0.556. The van der Waals surface area contributed by atoms with Crippen molar-refractivity contribution in [2.45, 2.75) is 32.6 Å². The molecule has 0 unspecified atom stereocenters. The Hall–Kier alpha value is -2.08. The Morgan fingerprint density at radius 3 is 2.96 bits per heavy atom. The van der Waals surface area contributed by atoms with Crippen LogP contribution < -0.4 is 5.32 Å². The quantitative estimate of drug-likeness (QED) is 0.603. The summed E-state index contributed by atoms with van der Waals surface area (Å²) in [7, 11) is 0. The average molecular weight is 330 g/mol. The van der Waals surface area contributed by atoms with Crippen molar-refractivity contribution in [2.75, 3.05) is 38.1 Å². The molecule has 0 bridgehead atoms. The van der Waals surface area contributed by atoms with Crippen LogP contribution in [-0.2, 0) is 4.74 Å². The minimum atomic E-state index is -0.301. The molecule has 130 valence electrons. The van der Waals surface area contributed by atoms with Crippen LogP contribution in [0.1, 0.15) is 43.0 Å². The smallest absolute Gasteiger partial charge is 0.338 e. The molecule has 1 aromatic carbocycles. The molecule has 1 saturated heterocycles. The van der Waals surface area contributed by atoms with E-state index in [-0.39, 0.29) is 5.97 Å². The number of rotatable bonds is 7. The van der Waals surface area contributed by atoms with Crippen LogP contribution in [0.15, 0.2) is 18.2 Å². The molecule has 0 atom stereocenters. The highest BCUT2D eigenvalue weighted by Crippen LogP contribution is 2.17. The molecule has 6 nitrogen and oxygen atoms in total. The molecule has 1 fully saturated rings. The van der Waals surface area contributed by atoms with E-state index < -0.39 is 0 Å². The molecule has 3 rings (SSSR count). The van der Waals surface area contributed by atoms with Gasteiger partial charge in [0.05, 0.1) is 23.2 Å². The molecular weight excluding hydrogens is 304 g/mol. The first-order chi connectivity index (χ1) is 11.8. The Bertz CT molecular complexity index is 677. The number of imidazole rings is 1. The molecule has 0 spiro atoms. The molecule has 24 heavy (non-hydrogen) atoms. The van der Waals surface area contributed by atoms with Gasteiger partial charge in [0.25, 0.3) is 0 Å². The summed E-state index contributed by atoms with van der Waals surface area (Å²) in [5, 5.41) is 3.34. The molecule has 6 heteroatoms. The highest BCUT2D eigenvalue weighted by molar-refractivity contribution is 5.94. The molecule has 1 aliphatic rings. The number of fused-ring (bicyclic) bond motifs is 1. The summed E-state index contributed by atoms with van der Waals surface area (Å²) in [4.78, 5) is 22.1. The number of benzene rings is 1. The third-order valence-corrected chi connectivity index (χ3v) is 4.39. The second-order valence-electron chi connectivity index (χ2n) is 6.22. The Morgan fingerprint density at radius 1 is 1.33 bits per heavy atom. The Labute approximate surface area is 142 Å². The molecule has 1 aliphatic heterocycles. The molecule has 0 amide bonds. The van der Waals surface area contributed by atoms with E-state index in [4.69, 9.17) is 4.74 Å². The molecule has 2 aromatic rings. The maximum atomic E-state index is 11.8. The van der Waals surface area contributed by atoms with Crippen LogP contribution in [0.5, 0.6) is 0 Å². The number of aromatic nitrogens is 2. The van der Waals surface area contributed by atoms with Crippen molar-refractivity contribution in [1.29, 1.82) is 0 Å². The molecule has 0 aliphatic carbocycles. The molecule has 0 saturated carbocycles. The lowest BCUT2D eigenvalue weighted by molar-refractivity contribution is 0.0526. The largest absolute Gasteiger partial charge is 0.462 e. The number of nitrogens with zero attached hydrogens (tertiary/aromatic N) is 2. The summed E-state index contributed by atoms with van der Waals surface area (Å²) in [6.07, 6.45) is 5.15. The fourth-order valence-electron chi connectivity index (χ4n) is 3.13. The van der Waals surface area contributed by atoms with E-state index in [0.29, 0.717) is 12.2 Å². The second-order valence-corrected chi connectivity index (χ2v) is 6.22. The predicted octanol–water partition coefficient (Wildman–Crippen LogP) is 3.03. The summed E-state index contributed by atoms with van der Waals surface area (Å²) in [6.45, 7) is 6.69. The van der Waals surface area contributed by atoms with Crippen LogP contribution in [0, 0.1) is 0 Å². The van der Waals surface area contributed by atoms with E-state index in [9.17, 15) is 4.79 Å². The number of nitrogens with one attached hydrogen (secondary N) is 2. The number of H-pyrrole nitrogens is 1. The van der Waals surface area contributed by atoms with Gasteiger partial charge in [-0.15, -0.1) is 0 Å². The highest BCUT2D eigenvalue weighted by atomic mass is 16.5. The van der Waals surface area contributed by atoms with Crippen LogP contribution >= 0.6 is 0 Å². The van der Waals surface area contributed by atoms with Gasteiger partial charge in [-0.3, -0.25) is 0 Å². The van der Waals surface area contributed by atoms with Gasteiger partial charge in [0.15, 0.2) is 0 Å². The van der Waals surface area contributed by atoms with Gasteiger partial charge in [-0.25, -0.2) is 9.78 Å². The zero-order valence-corrected chi connectivity index (χ0v) is 14.3. The minimum Gasteiger partial charge on any atom is -0.462 e. The van der Waals surface area contributed by atoms with Crippen LogP contribution in [0.4, 0.5) is 5.95 Å². The summed E-state index contributed by atoms with van der Waals surface area (Å²) >= 11 is 0. The summed E-state index contributed by atoms with van der Waals surface area (Å²) in [6, 6.07) is 5.39. The van der Waals surface area contributed by atoms with Crippen molar-refractivity contribution >= 4 is 23.0 Å². The third-order valence-electron chi connectivity index (χ3n) is 4.39. The number of likely N-dealkylation sites (tertiary alicyclic amines) is 1. The lowest BCUT2D eigenvalue weighted by Gasteiger charge is -2.26.